The van der Waals surface area contributed by atoms with Gasteiger partial charge in [-0.2, -0.15) is 0 Å². The van der Waals surface area contributed by atoms with Gasteiger partial charge in [-0.3, -0.25) is 4.79 Å². The predicted octanol–water partition coefficient (Wildman–Crippen LogP) is 2.66. The maximum Gasteiger partial charge on any atom is 0.228 e. The van der Waals surface area contributed by atoms with Gasteiger partial charge in [0.2, 0.25) is 5.91 Å². The Labute approximate surface area is 156 Å². The van der Waals surface area contributed by atoms with Gasteiger partial charge in [0.05, 0.1) is 18.4 Å². The molecule has 132 valence electrons. The average molecular weight is 376 g/mol. The van der Waals surface area contributed by atoms with E-state index < -0.39 is 0 Å². The monoisotopic (exact) mass is 375 g/mol. The predicted molar refractivity (Wildman–Crippen MR) is 101 cm³/mol. The molecule has 0 bridgehead atoms. The first-order valence-corrected chi connectivity index (χ1v) is 10.5. The van der Waals surface area contributed by atoms with Crippen LogP contribution in [0.5, 0.6) is 0 Å². The van der Waals surface area contributed by atoms with E-state index in [-0.39, 0.29) is 11.8 Å². The fourth-order valence-electron chi connectivity index (χ4n) is 3.92. The number of hydrogen-bond donors (Lipinski definition) is 1. The van der Waals surface area contributed by atoms with Gasteiger partial charge in [0, 0.05) is 48.3 Å². The molecule has 4 aliphatic rings. The molecule has 1 aromatic rings. The fourth-order valence-corrected chi connectivity index (χ4v) is 5.92. The second-order valence-corrected chi connectivity index (χ2v) is 9.16. The topological polar surface area (TPSA) is 44.8 Å². The van der Waals surface area contributed by atoms with E-state index in [1.54, 1.807) is 0 Å². The molecule has 5 nitrogen and oxygen atoms in total. The Kier molecular flexibility index (Phi) is 4.20. The smallest absolute Gasteiger partial charge is 0.228 e. The Balaban J connectivity index is 1.18. The van der Waals surface area contributed by atoms with Gasteiger partial charge in [-0.1, -0.05) is 0 Å². The summed E-state index contributed by atoms with van der Waals surface area (Å²) in [4.78, 5) is 17.2. The number of carbonyl (C=O) groups is 1. The Bertz CT molecular complexity index is 728. The van der Waals surface area contributed by atoms with Crippen LogP contribution < -0.4 is 5.32 Å². The second-order valence-electron chi connectivity index (χ2n) is 6.97. The summed E-state index contributed by atoms with van der Waals surface area (Å²) in [6.07, 6.45) is 0.882. The highest BCUT2D eigenvalue weighted by Crippen LogP contribution is 2.39. The van der Waals surface area contributed by atoms with Crippen LogP contribution in [-0.2, 0) is 9.53 Å². The van der Waals surface area contributed by atoms with Crippen molar-refractivity contribution in [1.82, 2.24) is 9.21 Å². The molecule has 1 amide bonds. The van der Waals surface area contributed by atoms with Crippen molar-refractivity contribution in [1.29, 1.82) is 0 Å². The third kappa shape index (κ3) is 3.07. The summed E-state index contributed by atoms with van der Waals surface area (Å²) in [6, 6.07) is 6.66. The molecule has 4 aliphatic heterocycles. The number of benzene rings is 1. The van der Waals surface area contributed by atoms with Crippen molar-refractivity contribution >= 4 is 35.3 Å². The van der Waals surface area contributed by atoms with Crippen LogP contribution in [0.3, 0.4) is 0 Å². The third-order valence-electron chi connectivity index (χ3n) is 5.27. The summed E-state index contributed by atoms with van der Waals surface area (Å²) in [5.41, 5.74) is 4.13. The Morgan fingerprint density at radius 3 is 2.84 bits per heavy atom. The minimum atomic E-state index is 0.0861. The van der Waals surface area contributed by atoms with E-state index in [2.05, 4.69) is 27.8 Å². The lowest BCUT2D eigenvalue weighted by Gasteiger charge is -2.24. The van der Waals surface area contributed by atoms with E-state index in [0.29, 0.717) is 6.61 Å². The van der Waals surface area contributed by atoms with Gasteiger partial charge in [0.15, 0.2) is 0 Å². The molecule has 5 rings (SSSR count). The molecule has 25 heavy (non-hydrogen) atoms. The van der Waals surface area contributed by atoms with Gasteiger partial charge in [-0.15, -0.1) is 11.8 Å². The number of anilines is 1. The van der Waals surface area contributed by atoms with Gasteiger partial charge in [-0.25, -0.2) is 4.31 Å². The Morgan fingerprint density at radius 1 is 1.24 bits per heavy atom. The number of fused-ring (bicyclic) bond motifs is 1. The fraction of sp³-hybridized carbons (Fsp3) is 0.500. The van der Waals surface area contributed by atoms with E-state index in [4.69, 9.17) is 4.74 Å². The molecule has 0 aromatic heterocycles. The molecular weight excluding hydrogens is 354 g/mol. The number of nitrogens with one attached hydrogen (secondary N) is 1. The maximum absolute atomic E-state index is 12.6. The largest absolute Gasteiger partial charge is 0.381 e. The quantitative estimate of drug-likeness (QED) is 0.647. The summed E-state index contributed by atoms with van der Waals surface area (Å²) < 4.78 is 7.78. The summed E-state index contributed by atoms with van der Waals surface area (Å²) >= 11 is 3.70. The van der Waals surface area contributed by atoms with Crippen LogP contribution in [-0.4, -0.2) is 60.4 Å². The molecule has 1 N–H and O–H groups in total. The van der Waals surface area contributed by atoms with Gasteiger partial charge >= 0.3 is 0 Å². The molecule has 0 spiro atoms. The van der Waals surface area contributed by atoms with Gasteiger partial charge in [0.25, 0.3) is 0 Å². The number of ether oxygens (including phenoxy) is 1. The molecule has 1 aromatic carbocycles. The van der Waals surface area contributed by atoms with E-state index in [1.165, 1.54) is 26.6 Å². The molecule has 7 heteroatoms. The van der Waals surface area contributed by atoms with Crippen LogP contribution in [0.1, 0.15) is 6.42 Å². The lowest BCUT2D eigenvalue weighted by atomic mass is 10.1. The second kappa shape index (κ2) is 6.54. The summed E-state index contributed by atoms with van der Waals surface area (Å²) in [5.74, 6) is 1.34. The van der Waals surface area contributed by atoms with E-state index >= 15 is 0 Å². The van der Waals surface area contributed by atoms with Crippen molar-refractivity contribution in [2.24, 2.45) is 5.92 Å². The van der Waals surface area contributed by atoms with E-state index in [1.807, 2.05) is 28.6 Å². The number of rotatable bonds is 3. The first-order chi connectivity index (χ1) is 12.3. The number of carbonyl (C=O) groups excluding carboxylic acids is 1. The molecular formula is C18H21N3O2S2. The normalized spacial score (nSPS) is 25.4. The minimum Gasteiger partial charge on any atom is -0.381 e. The van der Waals surface area contributed by atoms with Crippen molar-refractivity contribution < 1.29 is 9.53 Å². The summed E-state index contributed by atoms with van der Waals surface area (Å²) in [7, 11) is 0. The van der Waals surface area contributed by atoms with Crippen molar-refractivity contribution in [3.8, 4) is 0 Å². The van der Waals surface area contributed by atoms with E-state index in [0.717, 1.165) is 45.1 Å². The third-order valence-corrected chi connectivity index (χ3v) is 7.18. The minimum absolute atomic E-state index is 0.0861. The zero-order chi connectivity index (χ0) is 16.8. The van der Waals surface area contributed by atoms with Gasteiger partial charge in [-0.05, 0) is 47.7 Å². The molecule has 1 fully saturated rings. The summed E-state index contributed by atoms with van der Waals surface area (Å²) in [5, 5.41) is 3.38. The molecule has 1 unspecified atom stereocenters. The van der Waals surface area contributed by atoms with Crippen molar-refractivity contribution in [2.75, 3.05) is 50.6 Å². The molecule has 4 heterocycles. The zero-order valence-corrected chi connectivity index (χ0v) is 15.6. The van der Waals surface area contributed by atoms with Crippen molar-refractivity contribution in [3.05, 3.63) is 29.3 Å². The van der Waals surface area contributed by atoms with Gasteiger partial charge < -0.3 is 15.0 Å². The zero-order valence-electron chi connectivity index (χ0n) is 14.0. The number of hydrogen-bond acceptors (Lipinski definition) is 6. The number of nitrogens with zero attached hydrogens (tertiary/aromatic N) is 2. The average Bonchev–Trinajstić information content (AvgIpc) is 3.37. The first kappa shape index (κ1) is 16.1. The molecule has 0 radical (unpaired) electrons. The molecule has 1 saturated heterocycles. The highest BCUT2D eigenvalue weighted by molar-refractivity contribution is 8.00. The highest BCUT2D eigenvalue weighted by Gasteiger charge is 2.36. The SMILES string of the molecule is O=C(C1CCOC1)N1CC2=C(CN(Sc3ccc4c(c3)SCN4)C2)C1. The van der Waals surface area contributed by atoms with Crippen LogP contribution >= 0.6 is 23.7 Å². The number of thioether (sulfide) groups is 1. The maximum atomic E-state index is 12.6. The van der Waals surface area contributed by atoms with Crippen molar-refractivity contribution in [2.45, 2.75) is 16.2 Å². The lowest BCUT2D eigenvalue weighted by Crippen LogP contribution is -2.37. The van der Waals surface area contributed by atoms with Crippen LogP contribution in [0.25, 0.3) is 0 Å². The van der Waals surface area contributed by atoms with E-state index in [9.17, 15) is 4.79 Å². The Hall–Kier alpha value is -1.15. The lowest BCUT2D eigenvalue weighted by molar-refractivity contribution is -0.134. The Morgan fingerprint density at radius 2 is 2.08 bits per heavy atom. The van der Waals surface area contributed by atoms with Crippen molar-refractivity contribution in [3.63, 3.8) is 0 Å². The van der Waals surface area contributed by atoms with Gasteiger partial charge in [0.1, 0.15) is 0 Å². The molecule has 0 saturated carbocycles. The van der Waals surface area contributed by atoms with Crippen LogP contribution in [0.15, 0.2) is 39.1 Å². The summed E-state index contributed by atoms with van der Waals surface area (Å²) in [6.45, 7) is 4.89. The highest BCUT2D eigenvalue weighted by atomic mass is 32.2. The van der Waals surface area contributed by atoms with Crippen LogP contribution in [0.4, 0.5) is 5.69 Å². The number of amides is 1. The van der Waals surface area contributed by atoms with Crippen LogP contribution in [0, 0.1) is 5.92 Å². The first-order valence-electron chi connectivity index (χ1n) is 8.76. The molecule has 0 aliphatic carbocycles. The standard InChI is InChI=1S/C18H21N3O2S2/c22-18(12-3-4-23-10-12)20-6-13-8-21(9-14(13)7-20)25-15-1-2-16-17(5-15)24-11-19-16/h1-2,5,12,19H,3-4,6-11H2. The molecule has 1 atom stereocenters. The van der Waals surface area contributed by atoms with Crippen LogP contribution in [0.2, 0.25) is 0 Å².